The molecule has 2 saturated heterocycles. The summed E-state index contributed by atoms with van der Waals surface area (Å²) in [4.78, 5) is 27.2. The van der Waals surface area contributed by atoms with Crippen molar-refractivity contribution in [1.82, 2.24) is 25.3 Å². The van der Waals surface area contributed by atoms with Crippen LogP contribution in [0.15, 0.2) is 29.2 Å². The third kappa shape index (κ3) is 3.91. The van der Waals surface area contributed by atoms with E-state index in [4.69, 9.17) is 0 Å². The lowest BCUT2D eigenvalue weighted by Gasteiger charge is -2.34. The van der Waals surface area contributed by atoms with Crippen LogP contribution in [0.5, 0.6) is 0 Å². The number of nitrogens with one attached hydrogen (secondary N) is 2. The molecule has 2 aromatic heterocycles. The molecular formula is C19H25N5O2S. The quantitative estimate of drug-likeness (QED) is 0.826. The molecule has 2 atom stereocenters. The van der Waals surface area contributed by atoms with Gasteiger partial charge in [-0.15, -0.1) is 0 Å². The first-order chi connectivity index (χ1) is 13.1. The Morgan fingerprint density at radius 3 is 2.78 bits per heavy atom. The Labute approximate surface area is 162 Å². The minimum atomic E-state index is -0.0360. The van der Waals surface area contributed by atoms with Crippen LogP contribution in [-0.2, 0) is 11.8 Å². The van der Waals surface area contributed by atoms with Crippen molar-refractivity contribution in [2.75, 3.05) is 26.2 Å². The highest BCUT2D eigenvalue weighted by molar-refractivity contribution is 7.08. The molecule has 0 radical (unpaired) electrons. The van der Waals surface area contributed by atoms with Crippen molar-refractivity contribution in [3.8, 4) is 0 Å². The molecular weight excluding hydrogens is 362 g/mol. The third-order valence-electron chi connectivity index (χ3n) is 5.61. The first kappa shape index (κ1) is 18.2. The molecule has 7 nitrogen and oxygen atoms in total. The lowest BCUT2D eigenvalue weighted by Crippen LogP contribution is -2.48. The summed E-state index contributed by atoms with van der Waals surface area (Å²) in [5.41, 5.74) is 1.84. The first-order valence-electron chi connectivity index (χ1n) is 9.43. The number of nitrogens with zero attached hydrogens (tertiary/aromatic N) is 3. The lowest BCUT2D eigenvalue weighted by atomic mass is 9.89. The Morgan fingerprint density at radius 1 is 1.30 bits per heavy atom. The zero-order valence-corrected chi connectivity index (χ0v) is 16.2. The SMILES string of the molecule is Cn1cc([C@H]2CNC[C@@H]2C(=O)N2CCC(NC(=O)c3ccsc3)CC2)cn1. The summed E-state index contributed by atoms with van der Waals surface area (Å²) in [6, 6.07) is 1.97. The summed E-state index contributed by atoms with van der Waals surface area (Å²) in [6.45, 7) is 2.93. The summed E-state index contributed by atoms with van der Waals surface area (Å²) in [5.74, 6) is 0.350. The van der Waals surface area contributed by atoms with Gasteiger partial charge in [0.2, 0.25) is 5.91 Å². The summed E-state index contributed by atoms with van der Waals surface area (Å²) in [7, 11) is 1.90. The molecule has 2 aliphatic rings. The van der Waals surface area contributed by atoms with Crippen molar-refractivity contribution in [3.05, 3.63) is 40.3 Å². The molecule has 0 saturated carbocycles. The number of thiophene rings is 1. The molecule has 144 valence electrons. The van der Waals surface area contributed by atoms with Gasteiger partial charge in [-0.05, 0) is 29.9 Å². The van der Waals surface area contributed by atoms with E-state index in [9.17, 15) is 9.59 Å². The molecule has 2 amide bonds. The maximum absolute atomic E-state index is 13.1. The van der Waals surface area contributed by atoms with Crippen LogP contribution >= 0.6 is 11.3 Å². The topological polar surface area (TPSA) is 79.3 Å². The molecule has 27 heavy (non-hydrogen) atoms. The smallest absolute Gasteiger partial charge is 0.252 e. The van der Waals surface area contributed by atoms with Gasteiger partial charge in [-0.25, -0.2) is 0 Å². The van der Waals surface area contributed by atoms with Crippen LogP contribution in [0.1, 0.15) is 34.7 Å². The fourth-order valence-corrected chi connectivity index (χ4v) is 4.70. The van der Waals surface area contributed by atoms with Gasteiger partial charge >= 0.3 is 0 Å². The van der Waals surface area contributed by atoms with Gasteiger partial charge in [0.25, 0.3) is 5.91 Å². The highest BCUT2D eigenvalue weighted by atomic mass is 32.1. The zero-order chi connectivity index (χ0) is 18.8. The molecule has 8 heteroatoms. The molecule has 0 unspecified atom stereocenters. The number of aryl methyl sites for hydroxylation is 1. The number of carbonyl (C=O) groups excluding carboxylic acids is 2. The Bertz CT molecular complexity index is 795. The molecule has 0 aliphatic carbocycles. The molecule has 0 spiro atoms. The molecule has 4 heterocycles. The maximum Gasteiger partial charge on any atom is 0.252 e. The van der Waals surface area contributed by atoms with Gasteiger partial charge in [-0.3, -0.25) is 14.3 Å². The van der Waals surface area contributed by atoms with E-state index >= 15 is 0 Å². The van der Waals surface area contributed by atoms with E-state index in [1.165, 1.54) is 11.3 Å². The highest BCUT2D eigenvalue weighted by Crippen LogP contribution is 2.30. The maximum atomic E-state index is 13.1. The van der Waals surface area contributed by atoms with E-state index in [1.807, 2.05) is 41.2 Å². The van der Waals surface area contributed by atoms with E-state index in [0.717, 1.165) is 30.5 Å². The molecule has 4 rings (SSSR count). The zero-order valence-electron chi connectivity index (χ0n) is 15.4. The number of hydrogen-bond acceptors (Lipinski definition) is 5. The largest absolute Gasteiger partial charge is 0.349 e. The number of piperidine rings is 1. The molecule has 2 fully saturated rings. The third-order valence-corrected chi connectivity index (χ3v) is 6.29. The predicted octanol–water partition coefficient (Wildman–Crippen LogP) is 1.21. The average Bonchev–Trinajstić information content (AvgIpc) is 3.42. The lowest BCUT2D eigenvalue weighted by molar-refractivity contribution is -0.136. The molecule has 2 aromatic rings. The monoisotopic (exact) mass is 387 g/mol. The fourth-order valence-electron chi connectivity index (χ4n) is 4.06. The van der Waals surface area contributed by atoms with E-state index in [-0.39, 0.29) is 29.7 Å². The molecule has 2 aliphatic heterocycles. The van der Waals surface area contributed by atoms with E-state index in [0.29, 0.717) is 19.6 Å². The number of rotatable bonds is 4. The van der Waals surface area contributed by atoms with Gasteiger partial charge in [-0.2, -0.15) is 16.4 Å². The molecule has 0 bridgehead atoms. The van der Waals surface area contributed by atoms with Gasteiger partial charge < -0.3 is 15.5 Å². The predicted molar refractivity (Wildman–Crippen MR) is 104 cm³/mol. The normalized spacial score (nSPS) is 23.5. The number of amides is 2. The van der Waals surface area contributed by atoms with Gasteiger partial charge in [0.15, 0.2) is 0 Å². The van der Waals surface area contributed by atoms with Crippen LogP contribution in [0, 0.1) is 5.92 Å². The van der Waals surface area contributed by atoms with E-state index < -0.39 is 0 Å². The fraction of sp³-hybridized carbons (Fsp3) is 0.526. The van der Waals surface area contributed by atoms with Gasteiger partial charge in [0.1, 0.15) is 0 Å². The van der Waals surface area contributed by atoms with Crippen molar-refractivity contribution in [1.29, 1.82) is 0 Å². The number of carbonyl (C=O) groups is 2. The van der Waals surface area contributed by atoms with E-state index in [1.54, 1.807) is 4.68 Å². The summed E-state index contributed by atoms with van der Waals surface area (Å²) in [5, 5.41) is 14.5. The van der Waals surface area contributed by atoms with Crippen LogP contribution in [0.3, 0.4) is 0 Å². The second-order valence-corrected chi connectivity index (χ2v) is 8.18. The van der Waals surface area contributed by atoms with Gasteiger partial charge in [-0.1, -0.05) is 0 Å². The van der Waals surface area contributed by atoms with Crippen molar-refractivity contribution < 1.29 is 9.59 Å². The summed E-state index contributed by atoms with van der Waals surface area (Å²) >= 11 is 1.52. The van der Waals surface area contributed by atoms with Crippen LogP contribution in [0.2, 0.25) is 0 Å². The van der Waals surface area contributed by atoms with E-state index in [2.05, 4.69) is 15.7 Å². The van der Waals surface area contributed by atoms with Gasteiger partial charge in [0, 0.05) is 62.3 Å². The standard InChI is InChI=1S/C19H25N5O2S/c1-23-11-14(8-21-23)16-9-20-10-17(16)19(26)24-5-2-15(3-6-24)22-18(25)13-4-7-27-12-13/h4,7-8,11-12,15-17,20H,2-3,5-6,9-10H2,1H3,(H,22,25)/t16-,17+/m1/s1. The van der Waals surface area contributed by atoms with Crippen molar-refractivity contribution in [2.24, 2.45) is 13.0 Å². The minimum absolute atomic E-state index is 0.0161. The summed E-state index contributed by atoms with van der Waals surface area (Å²) < 4.78 is 1.79. The Hall–Kier alpha value is -2.19. The Morgan fingerprint density at radius 2 is 2.11 bits per heavy atom. The average molecular weight is 388 g/mol. The first-order valence-corrected chi connectivity index (χ1v) is 10.4. The highest BCUT2D eigenvalue weighted by Gasteiger charge is 2.38. The van der Waals surface area contributed by atoms with Crippen molar-refractivity contribution in [3.63, 3.8) is 0 Å². The van der Waals surface area contributed by atoms with Gasteiger partial charge in [0.05, 0.1) is 12.1 Å². The Balaban J connectivity index is 1.32. The summed E-state index contributed by atoms with van der Waals surface area (Å²) in [6.07, 6.45) is 5.48. The minimum Gasteiger partial charge on any atom is -0.349 e. The number of hydrogen-bond donors (Lipinski definition) is 2. The second kappa shape index (κ2) is 7.82. The van der Waals surface area contributed by atoms with Crippen LogP contribution in [0.25, 0.3) is 0 Å². The van der Waals surface area contributed by atoms with Crippen molar-refractivity contribution in [2.45, 2.75) is 24.8 Å². The van der Waals surface area contributed by atoms with Crippen molar-refractivity contribution >= 4 is 23.2 Å². The molecule has 2 N–H and O–H groups in total. The Kier molecular flexibility index (Phi) is 5.27. The second-order valence-electron chi connectivity index (χ2n) is 7.40. The van der Waals surface area contributed by atoms with Crippen LogP contribution < -0.4 is 10.6 Å². The van der Waals surface area contributed by atoms with Crippen LogP contribution in [-0.4, -0.2) is 58.7 Å². The number of aromatic nitrogens is 2. The van der Waals surface area contributed by atoms with Crippen LogP contribution in [0.4, 0.5) is 0 Å². The number of likely N-dealkylation sites (tertiary alicyclic amines) is 1. The molecule has 0 aromatic carbocycles.